The fraction of sp³-hybridized carbons (Fsp3) is 1.00. The van der Waals surface area contributed by atoms with E-state index in [1.165, 1.54) is 19.3 Å². The highest BCUT2D eigenvalue weighted by Gasteiger charge is 2.56. The number of aliphatic hydroxyl groups is 2. The van der Waals surface area contributed by atoms with Crippen LogP contribution in [0.15, 0.2) is 0 Å². The molecule has 2 rings (SSSR count). The number of aliphatic hydroxyl groups excluding tert-OH is 2. The van der Waals surface area contributed by atoms with Crippen LogP contribution in [0.5, 0.6) is 0 Å². The second-order valence-corrected chi connectivity index (χ2v) is 4.52. The highest BCUT2D eigenvalue weighted by molar-refractivity contribution is 5.06. The van der Waals surface area contributed by atoms with Crippen LogP contribution >= 0.6 is 0 Å². The molecule has 0 radical (unpaired) electrons. The molecule has 2 saturated carbocycles. The van der Waals surface area contributed by atoms with E-state index in [1.807, 2.05) is 0 Å². The molecule has 11 heavy (non-hydrogen) atoms. The lowest BCUT2D eigenvalue weighted by atomic mass is 9.46. The SMILES string of the molecule is OCC1(CO)CC2(CCC2)C1. The quantitative estimate of drug-likeness (QED) is 0.624. The van der Waals surface area contributed by atoms with Crippen molar-refractivity contribution in [3.05, 3.63) is 0 Å². The summed E-state index contributed by atoms with van der Waals surface area (Å²) in [4.78, 5) is 0. The predicted molar refractivity (Wildman–Crippen MR) is 42.1 cm³/mol. The molecule has 2 aliphatic carbocycles. The highest BCUT2D eigenvalue weighted by atomic mass is 16.3. The summed E-state index contributed by atoms with van der Waals surface area (Å²) in [6, 6.07) is 0. The molecule has 0 aromatic carbocycles. The first-order valence-corrected chi connectivity index (χ1v) is 4.46. The van der Waals surface area contributed by atoms with Gasteiger partial charge in [-0.1, -0.05) is 6.42 Å². The zero-order valence-corrected chi connectivity index (χ0v) is 6.84. The van der Waals surface area contributed by atoms with Crippen LogP contribution in [0.2, 0.25) is 0 Å². The molecule has 1 spiro atoms. The van der Waals surface area contributed by atoms with Crippen molar-refractivity contribution in [1.29, 1.82) is 0 Å². The van der Waals surface area contributed by atoms with Crippen molar-refractivity contribution in [3.63, 3.8) is 0 Å². The third kappa shape index (κ3) is 0.926. The van der Waals surface area contributed by atoms with Crippen LogP contribution < -0.4 is 0 Å². The molecular weight excluding hydrogens is 140 g/mol. The molecule has 0 aromatic rings. The summed E-state index contributed by atoms with van der Waals surface area (Å²) >= 11 is 0. The van der Waals surface area contributed by atoms with Gasteiger partial charge in [0.2, 0.25) is 0 Å². The zero-order valence-electron chi connectivity index (χ0n) is 6.84. The summed E-state index contributed by atoms with van der Waals surface area (Å²) < 4.78 is 0. The molecular formula is C9H16O2. The first kappa shape index (κ1) is 7.56. The lowest BCUT2D eigenvalue weighted by Crippen LogP contribution is -2.54. The van der Waals surface area contributed by atoms with E-state index in [0.717, 1.165) is 12.8 Å². The van der Waals surface area contributed by atoms with Crippen LogP contribution in [0.3, 0.4) is 0 Å². The number of rotatable bonds is 2. The summed E-state index contributed by atoms with van der Waals surface area (Å²) in [5.74, 6) is 0. The Kier molecular flexibility index (Phi) is 1.52. The zero-order chi connectivity index (χ0) is 7.95. The van der Waals surface area contributed by atoms with Crippen LogP contribution in [0.4, 0.5) is 0 Å². The van der Waals surface area contributed by atoms with E-state index in [1.54, 1.807) is 0 Å². The standard InChI is InChI=1S/C9H16O2/c10-6-9(7-11)4-8(5-9)2-1-3-8/h10-11H,1-7H2. The van der Waals surface area contributed by atoms with Gasteiger partial charge in [0.05, 0.1) is 13.2 Å². The van der Waals surface area contributed by atoms with E-state index >= 15 is 0 Å². The van der Waals surface area contributed by atoms with Crippen LogP contribution in [0.25, 0.3) is 0 Å². The molecule has 0 unspecified atom stereocenters. The molecule has 0 heterocycles. The monoisotopic (exact) mass is 156 g/mol. The maximum absolute atomic E-state index is 9.03. The molecule has 0 saturated heterocycles. The molecule has 2 N–H and O–H groups in total. The van der Waals surface area contributed by atoms with Crippen LogP contribution in [0.1, 0.15) is 32.1 Å². The topological polar surface area (TPSA) is 40.5 Å². The minimum atomic E-state index is -0.0968. The molecule has 2 heteroatoms. The van der Waals surface area contributed by atoms with Gasteiger partial charge in [-0.3, -0.25) is 0 Å². The highest BCUT2D eigenvalue weighted by Crippen LogP contribution is 2.63. The van der Waals surface area contributed by atoms with E-state index in [0.29, 0.717) is 5.41 Å². The Bertz CT molecular complexity index is 147. The summed E-state index contributed by atoms with van der Waals surface area (Å²) in [5, 5.41) is 18.1. The smallest absolute Gasteiger partial charge is 0.0509 e. The van der Waals surface area contributed by atoms with Crippen molar-refractivity contribution in [2.75, 3.05) is 13.2 Å². The largest absolute Gasteiger partial charge is 0.396 e. The molecule has 2 nitrogen and oxygen atoms in total. The molecule has 0 amide bonds. The van der Waals surface area contributed by atoms with Gasteiger partial charge in [-0.05, 0) is 31.1 Å². The Labute approximate surface area is 67.2 Å². The van der Waals surface area contributed by atoms with Crippen molar-refractivity contribution in [3.8, 4) is 0 Å². The summed E-state index contributed by atoms with van der Waals surface area (Å²) in [6.07, 6.45) is 6.14. The van der Waals surface area contributed by atoms with E-state index in [4.69, 9.17) is 10.2 Å². The fourth-order valence-corrected chi connectivity index (χ4v) is 2.84. The van der Waals surface area contributed by atoms with E-state index < -0.39 is 0 Å². The van der Waals surface area contributed by atoms with Gasteiger partial charge in [0.15, 0.2) is 0 Å². The van der Waals surface area contributed by atoms with Gasteiger partial charge >= 0.3 is 0 Å². The van der Waals surface area contributed by atoms with Gasteiger partial charge in [-0.25, -0.2) is 0 Å². The van der Waals surface area contributed by atoms with Crippen LogP contribution in [-0.4, -0.2) is 23.4 Å². The average molecular weight is 156 g/mol. The first-order chi connectivity index (χ1) is 5.24. The third-order valence-corrected chi connectivity index (χ3v) is 3.59. The van der Waals surface area contributed by atoms with Crippen molar-refractivity contribution in [2.45, 2.75) is 32.1 Å². The Morgan fingerprint density at radius 3 is 1.82 bits per heavy atom. The van der Waals surface area contributed by atoms with Crippen molar-refractivity contribution < 1.29 is 10.2 Å². The van der Waals surface area contributed by atoms with Gasteiger partial charge in [0.25, 0.3) is 0 Å². The molecule has 0 atom stereocenters. The minimum Gasteiger partial charge on any atom is -0.396 e. The molecule has 64 valence electrons. The van der Waals surface area contributed by atoms with E-state index in [2.05, 4.69) is 0 Å². The number of hydrogen-bond donors (Lipinski definition) is 2. The Morgan fingerprint density at radius 1 is 1.00 bits per heavy atom. The summed E-state index contributed by atoms with van der Waals surface area (Å²) in [7, 11) is 0. The molecule has 2 fully saturated rings. The Hall–Kier alpha value is -0.0800. The van der Waals surface area contributed by atoms with Crippen molar-refractivity contribution in [1.82, 2.24) is 0 Å². The summed E-state index contributed by atoms with van der Waals surface area (Å²) in [5.41, 5.74) is 0.464. The van der Waals surface area contributed by atoms with Gasteiger partial charge in [-0.15, -0.1) is 0 Å². The Balaban J connectivity index is 1.93. The Morgan fingerprint density at radius 2 is 1.55 bits per heavy atom. The van der Waals surface area contributed by atoms with Crippen molar-refractivity contribution in [2.24, 2.45) is 10.8 Å². The molecule has 0 aromatic heterocycles. The van der Waals surface area contributed by atoms with Gasteiger partial charge in [-0.2, -0.15) is 0 Å². The second kappa shape index (κ2) is 2.20. The van der Waals surface area contributed by atoms with Crippen LogP contribution in [-0.2, 0) is 0 Å². The minimum absolute atomic E-state index is 0.0968. The van der Waals surface area contributed by atoms with Gasteiger partial charge in [0, 0.05) is 5.41 Å². The lowest BCUT2D eigenvalue weighted by Gasteiger charge is -2.60. The molecule has 0 aliphatic heterocycles. The third-order valence-electron chi connectivity index (χ3n) is 3.59. The summed E-state index contributed by atoms with van der Waals surface area (Å²) in [6.45, 7) is 0.344. The lowest BCUT2D eigenvalue weighted by molar-refractivity contribution is -0.142. The van der Waals surface area contributed by atoms with Gasteiger partial charge < -0.3 is 10.2 Å². The fourth-order valence-electron chi connectivity index (χ4n) is 2.84. The second-order valence-electron chi connectivity index (χ2n) is 4.52. The number of hydrogen-bond acceptors (Lipinski definition) is 2. The van der Waals surface area contributed by atoms with Crippen LogP contribution in [0, 0.1) is 10.8 Å². The van der Waals surface area contributed by atoms with Crippen molar-refractivity contribution >= 4 is 0 Å². The normalized spacial score (nSPS) is 31.1. The molecule has 0 bridgehead atoms. The van der Waals surface area contributed by atoms with E-state index in [-0.39, 0.29) is 18.6 Å². The maximum atomic E-state index is 9.03. The predicted octanol–water partition coefficient (Wildman–Crippen LogP) is 0.921. The maximum Gasteiger partial charge on any atom is 0.0509 e. The average Bonchev–Trinajstić information content (AvgIpc) is 1.85. The van der Waals surface area contributed by atoms with Gasteiger partial charge in [0.1, 0.15) is 0 Å². The first-order valence-electron chi connectivity index (χ1n) is 4.46. The van der Waals surface area contributed by atoms with E-state index in [9.17, 15) is 0 Å². The molecule has 2 aliphatic rings.